The molecule has 0 radical (unpaired) electrons. The maximum atomic E-state index is 13.0. The van der Waals surface area contributed by atoms with Crippen molar-refractivity contribution >= 4 is 6.03 Å². The van der Waals surface area contributed by atoms with E-state index in [1.165, 1.54) is 0 Å². The summed E-state index contributed by atoms with van der Waals surface area (Å²) in [5.41, 5.74) is 1.01. The Kier molecular flexibility index (Phi) is 4.35. The highest BCUT2D eigenvalue weighted by molar-refractivity contribution is 5.74. The Morgan fingerprint density at radius 2 is 1.84 bits per heavy atom. The van der Waals surface area contributed by atoms with Gasteiger partial charge in [-0.3, -0.25) is 0 Å². The fourth-order valence-electron chi connectivity index (χ4n) is 2.20. The van der Waals surface area contributed by atoms with E-state index in [1.54, 1.807) is 0 Å². The van der Waals surface area contributed by atoms with Crippen molar-refractivity contribution in [3.63, 3.8) is 0 Å². The zero-order valence-corrected chi connectivity index (χ0v) is 10.7. The quantitative estimate of drug-likeness (QED) is 0.869. The molecular formula is C14H18F2N2O. The van der Waals surface area contributed by atoms with Crippen LogP contribution in [-0.2, 0) is 6.54 Å². The molecule has 2 amide bonds. The van der Waals surface area contributed by atoms with Crippen molar-refractivity contribution in [3.8, 4) is 0 Å². The summed E-state index contributed by atoms with van der Waals surface area (Å²) < 4.78 is 25.9. The van der Waals surface area contributed by atoms with Crippen LogP contribution in [0.25, 0.3) is 0 Å². The molecule has 19 heavy (non-hydrogen) atoms. The number of carbonyl (C=O) groups excluding carboxylic acids is 1. The number of hydrogen-bond acceptors (Lipinski definition) is 1. The standard InChI is InChI=1S/C14H18F2N2O/c15-14(16)8-6-12(7-9-14)18-13(19)17-10-11-4-2-1-3-5-11/h1-5,12H,6-10H2,(H2,17,18,19). The highest BCUT2D eigenvalue weighted by Gasteiger charge is 2.35. The van der Waals surface area contributed by atoms with E-state index >= 15 is 0 Å². The van der Waals surface area contributed by atoms with Crippen molar-refractivity contribution in [2.75, 3.05) is 0 Å². The first-order valence-electron chi connectivity index (χ1n) is 6.51. The van der Waals surface area contributed by atoms with Gasteiger partial charge in [0.05, 0.1) is 0 Å². The predicted octanol–water partition coefficient (Wildman–Crippen LogP) is 3.06. The van der Waals surface area contributed by atoms with Crippen molar-refractivity contribution in [1.82, 2.24) is 10.6 Å². The number of halogens is 2. The average Bonchev–Trinajstić information content (AvgIpc) is 2.40. The lowest BCUT2D eigenvalue weighted by molar-refractivity contribution is -0.0395. The van der Waals surface area contributed by atoms with Gasteiger partial charge in [-0.15, -0.1) is 0 Å². The second-order valence-electron chi connectivity index (χ2n) is 4.94. The molecule has 0 heterocycles. The first-order chi connectivity index (χ1) is 9.05. The van der Waals surface area contributed by atoms with Gasteiger partial charge >= 0.3 is 6.03 Å². The van der Waals surface area contributed by atoms with Crippen LogP contribution in [0.4, 0.5) is 13.6 Å². The Labute approximate surface area is 111 Å². The van der Waals surface area contributed by atoms with Gasteiger partial charge in [0.25, 0.3) is 0 Å². The number of nitrogens with one attached hydrogen (secondary N) is 2. The maximum absolute atomic E-state index is 13.0. The number of alkyl halides is 2. The summed E-state index contributed by atoms with van der Waals surface area (Å²) in [5, 5.41) is 5.47. The van der Waals surface area contributed by atoms with Crippen molar-refractivity contribution in [3.05, 3.63) is 35.9 Å². The smallest absolute Gasteiger partial charge is 0.315 e. The topological polar surface area (TPSA) is 41.1 Å². The maximum Gasteiger partial charge on any atom is 0.315 e. The zero-order valence-electron chi connectivity index (χ0n) is 10.7. The van der Waals surface area contributed by atoms with Crippen LogP contribution < -0.4 is 10.6 Å². The van der Waals surface area contributed by atoms with Crippen molar-refractivity contribution in [2.45, 2.75) is 44.2 Å². The monoisotopic (exact) mass is 268 g/mol. The minimum Gasteiger partial charge on any atom is -0.335 e. The average molecular weight is 268 g/mol. The van der Waals surface area contributed by atoms with Crippen LogP contribution in [0.5, 0.6) is 0 Å². The number of amides is 2. The molecule has 2 rings (SSSR count). The summed E-state index contributed by atoms with van der Waals surface area (Å²) in [4.78, 5) is 11.6. The first-order valence-corrected chi connectivity index (χ1v) is 6.51. The van der Waals surface area contributed by atoms with Gasteiger partial charge < -0.3 is 10.6 Å². The molecule has 1 aromatic carbocycles. The molecule has 0 aliphatic heterocycles. The molecule has 3 nitrogen and oxygen atoms in total. The van der Waals surface area contributed by atoms with Gasteiger partial charge in [-0.05, 0) is 18.4 Å². The van der Waals surface area contributed by atoms with E-state index in [2.05, 4.69) is 10.6 Å². The van der Waals surface area contributed by atoms with E-state index in [4.69, 9.17) is 0 Å². The fraction of sp³-hybridized carbons (Fsp3) is 0.500. The lowest BCUT2D eigenvalue weighted by Crippen LogP contribution is -2.44. The summed E-state index contributed by atoms with van der Waals surface area (Å²) in [6.07, 6.45) is 0.394. The largest absolute Gasteiger partial charge is 0.335 e. The van der Waals surface area contributed by atoms with E-state index in [9.17, 15) is 13.6 Å². The Morgan fingerprint density at radius 1 is 1.21 bits per heavy atom. The third-order valence-electron chi connectivity index (χ3n) is 3.35. The predicted molar refractivity (Wildman–Crippen MR) is 69.0 cm³/mol. The minimum atomic E-state index is -2.56. The van der Waals surface area contributed by atoms with Crippen molar-refractivity contribution in [1.29, 1.82) is 0 Å². The highest BCUT2D eigenvalue weighted by atomic mass is 19.3. The van der Waals surface area contributed by atoms with Gasteiger partial charge in [0.1, 0.15) is 0 Å². The Hall–Kier alpha value is -1.65. The molecule has 1 aliphatic rings. The summed E-state index contributed by atoms with van der Waals surface area (Å²) in [5.74, 6) is -2.56. The lowest BCUT2D eigenvalue weighted by atomic mass is 9.92. The second-order valence-corrected chi connectivity index (χ2v) is 4.94. The van der Waals surface area contributed by atoms with Crippen LogP contribution in [0.3, 0.4) is 0 Å². The van der Waals surface area contributed by atoms with Crippen LogP contribution in [-0.4, -0.2) is 18.0 Å². The molecule has 2 N–H and O–H groups in total. The van der Waals surface area contributed by atoms with E-state index in [0.717, 1.165) is 5.56 Å². The van der Waals surface area contributed by atoms with Gasteiger partial charge in [0, 0.05) is 25.4 Å². The van der Waals surface area contributed by atoms with Crippen LogP contribution in [0, 0.1) is 0 Å². The van der Waals surface area contributed by atoms with Gasteiger partial charge in [0.15, 0.2) is 0 Å². The van der Waals surface area contributed by atoms with E-state index in [0.29, 0.717) is 19.4 Å². The molecule has 0 atom stereocenters. The molecule has 5 heteroatoms. The van der Waals surface area contributed by atoms with E-state index in [1.807, 2.05) is 30.3 Å². The number of hydrogen-bond donors (Lipinski definition) is 2. The van der Waals surface area contributed by atoms with Gasteiger partial charge in [0.2, 0.25) is 5.92 Å². The Bertz CT molecular complexity index is 413. The highest BCUT2D eigenvalue weighted by Crippen LogP contribution is 2.32. The molecule has 1 fully saturated rings. The lowest BCUT2D eigenvalue weighted by Gasteiger charge is -2.28. The summed E-state index contributed by atoms with van der Waals surface area (Å²) in [6.45, 7) is 0.440. The number of carbonyl (C=O) groups is 1. The normalized spacial score (nSPS) is 18.8. The van der Waals surface area contributed by atoms with Gasteiger partial charge in [-0.1, -0.05) is 30.3 Å². The number of urea groups is 1. The van der Waals surface area contributed by atoms with Crippen LogP contribution in [0.15, 0.2) is 30.3 Å². The number of rotatable bonds is 3. The second kappa shape index (κ2) is 5.99. The molecule has 0 bridgehead atoms. The molecule has 0 unspecified atom stereocenters. The minimum absolute atomic E-state index is 0.142. The van der Waals surface area contributed by atoms with Gasteiger partial charge in [-0.25, -0.2) is 13.6 Å². The molecule has 0 saturated heterocycles. The molecule has 1 aliphatic carbocycles. The van der Waals surface area contributed by atoms with Crippen LogP contribution in [0.2, 0.25) is 0 Å². The van der Waals surface area contributed by atoms with Crippen molar-refractivity contribution < 1.29 is 13.6 Å². The third kappa shape index (κ3) is 4.50. The third-order valence-corrected chi connectivity index (χ3v) is 3.35. The summed E-state index contributed by atoms with van der Waals surface area (Å²) >= 11 is 0. The number of benzene rings is 1. The fourth-order valence-corrected chi connectivity index (χ4v) is 2.20. The SMILES string of the molecule is O=C(NCc1ccccc1)NC1CCC(F)(F)CC1. The van der Waals surface area contributed by atoms with Crippen LogP contribution in [0.1, 0.15) is 31.2 Å². The summed E-state index contributed by atoms with van der Waals surface area (Å²) in [7, 11) is 0. The molecular weight excluding hydrogens is 250 g/mol. The van der Waals surface area contributed by atoms with E-state index < -0.39 is 5.92 Å². The van der Waals surface area contributed by atoms with Crippen LogP contribution >= 0.6 is 0 Å². The first kappa shape index (κ1) is 13.8. The summed E-state index contributed by atoms with van der Waals surface area (Å²) in [6, 6.07) is 9.11. The molecule has 0 aromatic heterocycles. The molecule has 0 spiro atoms. The Balaban J connectivity index is 1.70. The van der Waals surface area contributed by atoms with Gasteiger partial charge in [-0.2, -0.15) is 0 Å². The molecule has 104 valence electrons. The Morgan fingerprint density at radius 3 is 2.47 bits per heavy atom. The van der Waals surface area contributed by atoms with Crippen molar-refractivity contribution in [2.24, 2.45) is 0 Å². The molecule has 1 saturated carbocycles. The van der Waals surface area contributed by atoms with E-state index in [-0.39, 0.29) is 24.9 Å². The zero-order chi connectivity index (χ0) is 13.7. The molecule has 1 aromatic rings.